The Balaban J connectivity index is 0.000000599. The van der Waals surface area contributed by atoms with Crippen molar-refractivity contribution >= 4 is 40.3 Å². The number of nitrogen functional groups attached to an aromatic ring is 1. The zero-order valence-corrected chi connectivity index (χ0v) is 19.6. The summed E-state index contributed by atoms with van der Waals surface area (Å²) in [6.07, 6.45) is 2.21. The Hall–Kier alpha value is -1.84. The molecule has 1 fully saturated rings. The maximum Gasteiger partial charge on any atom is 0.466 e. The van der Waals surface area contributed by atoms with Crippen LogP contribution in [0.25, 0.3) is 11.0 Å². The number of hydrogen-bond acceptors (Lipinski definition) is 9. The number of nitrogens with two attached hydrogens (primary N) is 1. The molecule has 2 aromatic rings. The molecule has 0 radical (unpaired) electrons. The lowest BCUT2D eigenvalue weighted by atomic mass is 10.0. The molecule has 19 nitrogen and oxygen atoms in total. The number of phosphoric acid groups is 3. The van der Waals surface area contributed by atoms with Crippen molar-refractivity contribution in [3.63, 3.8) is 0 Å². The molecule has 0 unspecified atom stereocenters. The molecule has 22 heteroatoms. The minimum Gasteiger partial charge on any atom is -0.389 e. The van der Waals surface area contributed by atoms with E-state index in [1.165, 1.54) is 6.33 Å². The molecule has 12 N–H and O–H groups in total. The average molecular weight is 553 g/mol. The van der Waals surface area contributed by atoms with Crippen LogP contribution in [0.2, 0.25) is 0 Å². The van der Waals surface area contributed by atoms with Gasteiger partial charge in [0.25, 0.3) is 0 Å². The van der Waals surface area contributed by atoms with Crippen LogP contribution in [-0.4, -0.2) is 75.4 Å². The van der Waals surface area contributed by atoms with E-state index in [1.54, 1.807) is 23.8 Å². The van der Waals surface area contributed by atoms with Crippen LogP contribution >= 0.6 is 23.5 Å². The topological polar surface area (TPSA) is 343 Å². The maximum absolute atomic E-state index is 9.93. The SMILES string of the molecule is C[C@]1(C#N)O[C@@H](n2ccc3c(N)ncnc32)C[C@@H]1O.O=P(O)(O)O.O=P(O)(O)O.O=P(O)(O)O. The molecule has 3 rings (SSSR count). The summed E-state index contributed by atoms with van der Waals surface area (Å²) in [5, 5.41) is 19.7. The molecule has 0 saturated carbocycles. The molecule has 1 saturated heterocycles. The molecule has 0 bridgehead atoms. The second-order valence-corrected chi connectivity index (χ2v) is 9.38. The van der Waals surface area contributed by atoms with E-state index in [9.17, 15) is 5.11 Å². The van der Waals surface area contributed by atoms with Crippen molar-refractivity contribution in [2.24, 2.45) is 0 Å². The lowest BCUT2D eigenvalue weighted by Gasteiger charge is -2.19. The van der Waals surface area contributed by atoms with Crippen LogP contribution in [0.1, 0.15) is 19.6 Å². The van der Waals surface area contributed by atoms with E-state index in [2.05, 4.69) is 9.97 Å². The second kappa shape index (κ2) is 12.2. The van der Waals surface area contributed by atoms with Gasteiger partial charge in [-0.05, 0) is 13.0 Å². The normalized spacial score (nSPS) is 22.3. The molecule has 0 aliphatic carbocycles. The number of rotatable bonds is 1. The lowest BCUT2D eigenvalue weighted by molar-refractivity contribution is -0.0525. The number of hydrogen-bond donors (Lipinski definition) is 11. The zero-order valence-electron chi connectivity index (χ0n) is 16.9. The molecule has 0 amide bonds. The Kier molecular flexibility index (Phi) is 11.6. The number of fused-ring (bicyclic) bond motifs is 1. The fraction of sp³-hybridized carbons (Fsp3) is 0.417. The van der Waals surface area contributed by atoms with Crippen LogP contribution in [0.3, 0.4) is 0 Å². The number of aliphatic hydroxyl groups excluding tert-OH is 1. The van der Waals surface area contributed by atoms with Crippen molar-refractivity contribution in [3.05, 3.63) is 18.6 Å². The van der Waals surface area contributed by atoms with Gasteiger partial charge in [-0.2, -0.15) is 5.26 Å². The zero-order chi connectivity index (χ0) is 27.1. The van der Waals surface area contributed by atoms with E-state index in [-0.39, 0.29) is 0 Å². The van der Waals surface area contributed by atoms with Gasteiger partial charge in [0.05, 0.1) is 5.39 Å². The quantitative estimate of drug-likeness (QED) is 0.167. The Labute approximate surface area is 190 Å². The van der Waals surface area contributed by atoms with Gasteiger partial charge < -0.3 is 64.2 Å². The standard InChI is InChI=1S/C12H13N5O2.3H3O4P/c1-12(5-13)8(18)4-9(19-12)17-3-2-7-10(14)15-6-16-11(7)17;3*1-5(2,3)4/h2-3,6,8-9,18H,4H2,1H3,(H2,14,15,16);3*(H3,1,2,3,4)/t8-,9+,12+;;;/m0.../s1. The smallest absolute Gasteiger partial charge is 0.389 e. The van der Waals surface area contributed by atoms with Gasteiger partial charge >= 0.3 is 23.5 Å². The van der Waals surface area contributed by atoms with Crippen molar-refractivity contribution in [2.45, 2.75) is 31.3 Å². The van der Waals surface area contributed by atoms with Gasteiger partial charge in [-0.3, -0.25) is 0 Å². The highest BCUT2D eigenvalue weighted by Crippen LogP contribution is 2.37. The van der Waals surface area contributed by atoms with Crippen LogP contribution in [0.4, 0.5) is 5.82 Å². The van der Waals surface area contributed by atoms with Gasteiger partial charge in [-0.25, -0.2) is 23.7 Å². The van der Waals surface area contributed by atoms with Gasteiger partial charge in [0.2, 0.25) is 0 Å². The van der Waals surface area contributed by atoms with E-state index in [1.807, 2.05) is 6.07 Å². The fourth-order valence-electron chi connectivity index (χ4n) is 2.32. The first-order chi connectivity index (χ1) is 15.0. The summed E-state index contributed by atoms with van der Waals surface area (Å²) in [6.45, 7) is 1.58. The maximum atomic E-state index is 9.93. The van der Waals surface area contributed by atoms with E-state index in [0.29, 0.717) is 17.9 Å². The number of nitriles is 1. The number of aliphatic hydroxyl groups is 1. The highest BCUT2D eigenvalue weighted by Gasteiger charge is 2.45. The van der Waals surface area contributed by atoms with Gasteiger partial charge in [0.1, 0.15) is 36.2 Å². The first kappa shape index (κ1) is 32.2. The molecular formula is C12H22N5O14P3. The third kappa shape index (κ3) is 13.8. The number of aromatic nitrogens is 3. The molecule has 3 atom stereocenters. The van der Waals surface area contributed by atoms with Gasteiger partial charge in [-0.15, -0.1) is 0 Å². The molecule has 34 heavy (non-hydrogen) atoms. The van der Waals surface area contributed by atoms with Gasteiger partial charge in [0, 0.05) is 12.6 Å². The summed E-state index contributed by atoms with van der Waals surface area (Å²) in [4.78, 5) is 72.8. The van der Waals surface area contributed by atoms with Crippen molar-refractivity contribution < 1.29 is 67.6 Å². The van der Waals surface area contributed by atoms with Gasteiger partial charge in [-0.1, -0.05) is 0 Å². The summed E-state index contributed by atoms with van der Waals surface area (Å²) in [5.74, 6) is 0.394. The predicted molar refractivity (Wildman–Crippen MR) is 109 cm³/mol. The minimum absolute atomic E-state index is 0.331. The summed E-state index contributed by atoms with van der Waals surface area (Å²) < 4.78 is 34.1. The summed E-state index contributed by atoms with van der Waals surface area (Å²) >= 11 is 0. The number of ether oxygens (including phenoxy) is 1. The molecule has 1 aliphatic rings. The van der Waals surface area contributed by atoms with Crippen molar-refractivity contribution in [3.8, 4) is 6.07 Å². The lowest BCUT2D eigenvalue weighted by Crippen LogP contribution is -2.33. The Morgan fingerprint density at radius 1 is 1.06 bits per heavy atom. The monoisotopic (exact) mass is 553 g/mol. The van der Waals surface area contributed by atoms with Gasteiger partial charge in [0.15, 0.2) is 5.60 Å². The van der Waals surface area contributed by atoms with E-state index < -0.39 is 41.4 Å². The van der Waals surface area contributed by atoms with Crippen molar-refractivity contribution in [1.29, 1.82) is 5.26 Å². The molecule has 2 aromatic heterocycles. The Morgan fingerprint density at radius 2 is 1.50 bits per heavy atom. The van der Waals surface area contributed by atoms with Crippen LogP contribution in [-0.2, 0) is 18.4 Å². The molecule has 0 aromatic carbocycles. The van der Waals surface area contributed by atoms with Crippen molar-refractivity contribution in [1.82, 2.24) is 14.5 Å². The first-order valence-corrected chi connectivity index (χ1v) is 12.9. The fourth-order valence-corrected chi connectivity index (χ4v) is 2.32. The van der Waals surface area contributed by atoms with E-state index in [4.69, 9.17) is 73.5 Å². The molecular weight excluding hydrogens is 531 g/mol. The van der Waals surface area contributed by atoms with Crippen LogP contribution in [0.5, 0.6) is 0 Å². The summed E-state index contributed by atoms with van der Waals surface area (Å²) in [5.41, 5.74) is 5.20. The molecule has 3 heterocycles. The first-order valence-electron chi connectivity index (χ1n) is 8.24. The molecule has 1 aliphatic heterocycles. The second-order valence-electron chi connectivity index (χ2n) is 6.30. The third-order valence-corrected chi connectivity index (χ3v) is 3.51. The number of anilines is 1. The Morgan fingerprint density at radius 3 is 1.88 bits per heavy atom. The van der Waals surface area contributed by atoms with E-state index in [0.717, 1.165) is 5.39 Å². The predicted octanol–water partition coefficient (Wildman–Crippen LogP) is -2.21. The summed E-state index contributed by atoms with van der Waals surface area (Å²) in [6, 6.07) is 3.79. The highest BCUT2D eigenvalue weighted by atomic mass is 31.2. The van der Waals surface area contributed by atoms with E-state index >= 15 is 0 Å². The largest absolute Gasteiger partial charge is 0.466 e. The molecule has 0 spiro atoms. The molecule has 194 valence electrons. The Bertz CT molecular complexity index is 1060. The minimum atomic E-state index is -4.64. The van der Waals surface area contributed by atoms with Crippen LogP contribution in [0.15, 0.2) is 18.6 Å². The third-order valence-electron chi connectivity index (χ3n) is 3.51. The summed E-state index contributed by atoms with van der Waals surface area (Å²) in [7, 11) is -13.9. The average Bonchev–Trinajstić information content (AvgIpc) is 3.13. The number of nitrogens with zero attached hydrogens (tertiary/aromatic N) is 4. The van der Waals surface area contributed by atoms with Crippen LogP contribution < -0.4 is 5.73 Å². The van der Waals surface area contributed by atoms with Crippen LogP contribution in [0, 0.1) is 11.3 Å². The highest BCUT2D eigenvalue weighted by molar-refractivity contribution is 7.45. The van der Waals surface area contributed by atoms with Crippen molar-refractivity contribution in [2.75, 3.05) is 5.73 Å².